The number of carbonyl (C=O) groups excluding carboxylic acids is 1. The molecule has 1 unspecified atom stereocenters. The first-order valence-corrected chi connectivity index (χ1v) is 11.3. The first kappa shape index (κ1) is 23.7. The third-order valence-corrected chi connectivity index (χ3v) is 7.00. The zero-order chi connectivity index (χ0) is 24.0. The zero-order valence-electron chi connectivity index (χ0n) is 18.0. The number of nitrogens with zero attached hydrogens (tertiary/aromatic N) is 4. The van der Waals surface area contributed by atoms with Crippen molar-refractivity contribution in [3.05, 3.63) is 35.5 Å². The maximum atomic E-state index is 15.0. The first-order chi connectivity index (χ1) is 15.5. The summed E-state index contributed by atoms with van der Waals surface area (Å²) < 4.78 is 44.6. The standard InChI is InChI=1S/C21H23ClF3N6OP/c1-31(2)19(32)21(24,25)20(33)5-3-4-12(7-20)29-18-15(23)10-28-17(30-18)14-9-27-16-13(14)6-11(22)8-26-16/h6,8-10,12H,3-5,7,33H2,1-2H3,(H,26,27)(H,28,29,30)/t12-,20-/m1/s1. The summed E-state index contributed by atoms with van der Waals surface area (Å²) in [6.07, 6.45) is 5.27. The third kappa shape index (κ3) is 4.38. The van der Waals surface area contributed by atoms with E-state index >= 15 is 8.78 Å². The van der Waals surface area contributed by atoms with Gasteiger partial charge in [-0.3, -0.25) is 4.79 Å². The lowest BCUT2D eigenvalue weighted by molar-refractivity contribution is -0.161. The second-order valence-electron chi connectivity index (χ2n) is 8.51. The summed E-state index contributed by atoms with van der Waals surface area (Å²) in [6, 6.07) is 1.19. The van der Waals surface area contributed by atoms with Crippen molar-refractivity contribution in [3.63, 3.8) is 0 Å². The fraction of sp³-hybridized carbons (Fsp3) is 0.429. The van der Waals surface area contributed by atoms with Crippen molar-refractivity contribution in [1.29, 1.82) is 0 Å². The Morgan fingerprint density at radius 2 is 2.12 bits per heavy atom. The van der Waals surface area contributed by atoms with Crippen LogP contribution in [0, 0.1) is 5.82 Å². The van der Waals surface area contributed by atoms with Gasteiger partial charge in [-0.15, -0.1) is 9.24 Å². The van der Waals surface area contributed by atoms with Crippen LogP contribution >= 0.6 is 20.8 Å². The summed E-state index contributed by atoms with van der Waals surface area (Å²) in [5.74, 6) is -5.39. The number of hydrogen-bond acceptors (Lipinski definition) is 5. The lowest BCUT2D eigenvalue weighted by atomic mass is 9.80. The Morgan fingerprint density at radius 1 is 1.36 bits per heavy atom. The Labute approximate surface area is 195 Å². The average Bonchev–Trinajstić information content (AvgIpc) is 3.17. The molecule has 4 rings (SSSR count). The van der Waals surface area contributed by atoms with Crippen molar-refractivity contribution in [2.24, 2.45) is 0 Å². The molecule has 176 valence electrons. The normalized spacial score (nSPS) is 21.2. The van der Waals surface area contributed by atoms with Crippen LogP contribution in [0.4, 0.5) is 19.0 Å². The molecule has 0 aliphatic heterocycles. The predicted molar refractivity (Wildman–Crippen MR) is 124 cm³/mol. The summed E-state index contributed by atoms with van der Waals surface area (Å²) in [6.45, 7) is 0. The zero-order valence-corrected chi connectivity index (χ0v) is 19.9. The highest BCUT2D eigenvalue weighted by Gasteiger charge is 2.58. The molecule has 12 heteroatoms. The van der Waals surface area contributed by atoms with Crippen LogP contribution in [-0.4, -0.2) is 62.0 Å². The van der Waals surface area contributed by atoms with Crippen molar-refractivity contribution in [2.75, 3.05) is 19.4 Å². The summed E-state index contributed by atoms with van der Waals surface area (Å²) in [7, 11) is 4.78. The van der Waals surface area contributed by atoms with Gasteiger partial charge in [0, 0.05) is 43.5 Å². The number of anilines is 1. The molecule has 2 N–H and O–H groups in total. The molecule has 3 aromatic heterocycles. The number of hydrogen-bond donors (Lipinski definition) is 2. The van der Waals surface area contributed by atoms with Gasteiger partial charge < -0.3 is 15.2 Å². The predicted octanol–water partition coefficient (Wildman–Crippen LogP) is 4.50. The maximum Gasteiger partial charge on any atom is 0.333 e. The molecule has 3 aromatic rings. The molecule has 33 heavy (non-hydrogen) atoms. The molecule has 1 amide bonds. The van der Waals surface area contributed by atoms with E-state index in [2.05, 4.69) is 34.5 Å². The van der Waals surface area contributed by atoms with Gasteiger partial charge in [-0.25, -0.2) is 19.3 Å². The molecule has 0 aromatic carbocycles. The number of H-pyrrole nitrogens is 1. The highest BCUT2D eigenvalue weighted by molar-refractivity contribution is 7.19. The van der Waals surface area contributed by atoms with E-state index in [1.807, 2.05) is 0 Å². The van der Waals surface area contributed by atoms with Crippen LogP contribution in [0.3, 0.4) is 0 Å². The first-order valence-electron chi connectivity index (χ1n) is 10.3. The van der Waals surface area contributed by atoms with Gasteiger partial charge >= 0.3 is 5.92 Å². The molecular formula is C21H23ClF3N6OP. The van der Waals surface area contributed by atoms with Crippen LogP contribution in [0.25, 0.3) is 22.4 Å². The minimum Gasteiger partial charge on any atom is -0.365 e. The number of pyridine rings is 1. The van der Waals surface area contributed by atoms with Gasteiger partial charge in [0.25, 0.3) is 5.91 Å². The van der Waals surface area contributed by atoms with Gasteiger partial charge in [0.15, 0.2) is 17.5 Å². The fourth-order valence-corrected chi connectivity index (χ4v) is 4.93. The van der Waals surface area contributed by atoms with Crippen molar-refractivity contribution in [2.45, 2.75) is 42.8 Å². The molecule has 3 atom stereocenters. The number of nitrogens with one attached hydrogen (secondary N) is 2. The Bertz CT molecular complexity index is 1210. The number of aromatic amines is 1. The van der Waals surface area contributed by atoms with Crippen LogP contribution in [0.15, 0.2) is 24.7 Å². The topological polar surface area (TPSA) is 86.8 Å². The second-order valence-corrected chi connectivity index (χ2v) is 10.1. The number of alkyl halides is 2. The smallest absolute Gasteiger partial charge is 0.333 e. The van der Waals surface area contributed by atoms with E-state index in [0.29, 0.717) is 34.5 Å². The molecule has 1 aliphatic carbocycles. The molecule has 7 nitrogen and oxygen atoms in total. The average molecular weight is 499 g/mol. The van der Waals surface area contributed by atoms with Gasteiger partial charge in [-0.1, -0.05) is 18.0 Å². The van der Waals surface area contributed by atoms with Crippen molar-refractivity contribution < 1.29 is 18.0 Å². The van der Waals surface area contributed by atoms with E-state index < -0.39 is 28.8 Å². The number of aromatic nitrogens is 4. The number of amides is 1. The van der Waals surface area contributed by atoms with Crippen LogP contribution < -0.4 is 5.32 Å². The number of fused-ring (bicyclic) bond motifs is 1. The van der Waals surface area contributed by atoms with Crippen LogP contribution in [0.1, 0.15) is 25.7 Å². The lowest BCUT2D eigenvalue weighted by Gasteiger charge is -2.43. The van der Waals surface area contributed by atoms with Gasteiger partial charge in [0.1, 0.15) is 5.65 Å². The largest absolute Gasteiger partial charge is 0.365 e. The minimum absolute atomic E-state index is 0.0460. The quantitative estimate of drug-likeness (QED) is 0.506. The Morgan fingerprint density at radius 3 is 2.85 bits per heavy atom. The van der Waals surface area contributed by atoms with E-state index in [-0.39, 0.29) is 24.5 Å². The van der Waals surface area contributed by atoms with E-state index in [1.165, 1.54) is 20.3 Å². The minimum atomic E-state index is -3.58. The molecule has 0 radical (unpaired) electrons. The fourth-order valence-electron chi connectivity index (χ4n) is 4.16. The third-order valence-electron chi connectivity index (χ3n) is 5.91. The molecule has 1 saturated carbocycles. The molecule has 1 fully saturated rings. The van der Waals surface area contributed by atoms with Crippen LogP contribution in [-0.2, 0) is 4.79 Å². The number of rotatable bonds is 5. The van der Waals surface area contributed by atoms with Crippen LogP contribution in [0.5, 0.6) is 0 Å². The molecule has 0 bridgehead atoms. The van der Waals surface area contributed by atoms with E-state index in [0.717, 1.165) is 11.1 Å². The highest BCUT2D eigenvalue weighted by Crippen LogP contribution is 2.48. The van der Waals surface area contributed by atoms with E-state index in [1.54, 1.807) is 12.3 Å². The summed E-state index contributed by atoms with van der Waals surface area (Å²) in [5.41, 5.74) is 1.15. The molecular weight excluding hydrogens is 476 g/mol. The highest BCUT2D eigenvalue weighted by atomic mass is 35.5. The van der Waals surface area contributed by atoms with Gasteiger partial charge in [-0.2, -0.15) is 8.78 Å². The Kier molecular flexibility index (Phi) is 6.26. The van der Waals surface area contributed by atoms with Gasteiger partial charge in [-0.05, 0) is 25.3 Å². The van der Waals surface area contributed by atoms with E-state index in [9.17, 15) is 9.18 Å². The maximum absolute atomic E-state index is 15.0. The lowest BCUT2D eigenvalue weighted by Crippen LogP contribution is -2.56. The molecule has 0 saturated heterocycles. The van der Waals surface area contributed by atoms with Crippen molar-refractivity contribution in [1.82, 2.24) is 24.8 Å². The van der Waals surface area contributed by atoms with Gasteiger partial charge in [0.05, 0.1) is 16.4 Å². The van der Waals surface area contributed by atoms with Gasteiger partial charge in [0.2, 0.25) is 0 Å². The second kappa shape index (κ2) is 8.72. The van der Waals surface area contributed by atoms with Crippen LogP contribution in [0.2, 0.25) is 5.02 Å². The van der Waals surface area contributed by atoms with E-state index in [4.69, 9.17) is 11.6 Å². The summed E-state index contributed by atoms with van der Waals surface area (Å²) >= 11 is 6.05. The number of carbonyl (C=O) groups is 1. The Balaban J connectivity index is 1.60. The Hall–Kier alpha value is -2.45. The molecule has 0 spiro atoms. The molecule has 1 aliphatic rings. The molecule has 3 heterocycles. The monoisotopic (exact) mass is 498 g/mol. The summed E-state index contributed by atoms with van der Waals surface area (Å²) in [5, 5.41) is 2.41. The van der Waals surface area contributed by atoms with Crippen molar-refractivity contribution in [3.8, 4) is 11.4 Å². The summed E-state index contributed by atoms with van der Waals surface area (Å²) in [4.78, 5) is 28.6. The van der Waals surface area contributed by atoms with Crippen molar-refractivity contribution >= 4 is 43.6 Å². The number of halogens is 4. The SMILES string of the molecule is CN(C)C(=O)C(F)(F)[C@@]1(P)CCC[C@@H](Nc2nc(-c3c[nH]c4ncc(Cl)cc34)ncc2F)C1.